The van der Waals surface area contributed by atoms with Crippen LogP contribution in [-0.2, 0) is 9.53 Å². The summed E-state index contributed by atoms with van der Waals surface area (Å²) in [4.78, 5) is 13.5. The van der Waals surface area contributed by atoms with E-state index in [1.165, 1.54) is 0 Å². The first-order chi connectivity index (χ1) is 7.63. The molecule has 16 heavy (non-hydrogen) atoms. The van der Waals surface area contributed by atoms with E-state index in [-0.39, 0.29) is 11.7 Å². The lowest BCUT2D eigenvalue weighted by Crippen LogP contribution is -2.43. The molecule has 0 bridgehead atoms. The van der Waals surface area contributed by atoms with E-state index in [2.05, 4.69) is 4.90 Å². The van der Waals surface area contributed by atoms with Crippen molar-refractivity contribution in [2.75, 3.05) is 32.8 Å². The highest BCUT2D eigenvalue weighted by Gasteiger charge is 2.24. The summed E-state index contributed by atoms with van der Waals surface area (Å²) in [5.41, 5.74) is 0. The number of hydrogen-bond donors (Lipinski definition) is 1. The van der Waals surface area contributed by atoms with Crippen molar-refractivity contribution in [3.63, 3.8) is 0 Å². The number of likely N-dealkylation sites (tertiary alicyclic amines) is 1. The van der Waals surface area contributed by atoms with Gasteiger partial charge in [0.25, 0.3) is 0 Å². The second kappa shape index (κ2) is 6.99. The maximum Gasteiger partial charge on any atom is 0.134 e. The van der Waals surface area contributed by atoms with E-state index in [4.69, 9.17) is 4.74 Å². The van der Waals surface area contributed by atoms with Gasteiger partial charge < -0.3 is 9.84 Å². The summed E-state index contributed by atoms with van der Waals surface area (Å²) in [6.07, 6.45) is 1.60. The lowest BCUT2D eigenvalue weighted by molar-refractivity contribution is -0.122. The number of ketones is 1. The van der Waals surface area contributed by atoms with Gasteiger partial charge in [0.1, 0.15) is 5.78 Å². The number of Topliss-reactive ketones (excluding diaryl/α,β-unsaturated/α-hetero) is 1. The molecule has 1 aliphatic rings. The Hall–Kier alpha value is -0.450. The lowest BCUT2D eigenvalue weighted by atomic mass is 9.94. The Balaban J connectivity index is 2.28. The molecular weight excluding hydrogens is 206 g/mol. The molecule has 0 aromatic rings. The molecule has 0 amide bonds. The van der Waals surface area contributed by atoms with Crippen molar-refractivity contribution >= 4 is 5.78 Å². The molecule has 1 heterocycles. The van der Waals surface area contributed by atoms with Crippen LogP contribution >= 0.6 is 0 Å². The third-order valence-electron chi connectivity index (χ3n) is 3.06. The molecule has 0 saturated carbocycles. The number of rotatable bonds is 6. The van der Waals surface area contributed by atoms with Crippen LogP contribution in [-0.4, -0.2) is 54.7 Å². The Morgan fingerprint density at radius 3 is 3.00 bits per heavy atom. The fourth-order valence-corrected chi connectivity index (χ4v) is 2.16. The molecule has 1 fully saturated rings. The molecular formula is C12H23NO3. The molecule has 1 saturated heterocycles. The molecule has 94 valence electrons. The zero-order chi connectivity index (χ0) is 12.0. The topological polar surface area (TPSA) is 49.8 Å². The normalized spacial score (nSPS) is 24.3. The number of aliphatic hydroxyl groups is 1. The van der Waals surface area contributed by atoms with E-state index in [1.54, 1.807) is 6.92 Å². The van der Waals surface area contributed by atoms with E-state index in [1.807, 2.05) is 6.92 Å². The smallest absolute Gasteiger partial charge is 0.134 e. The highest BCUT2D eigenvalue weighted by molar-refractivity contribution is 5.78. The molecule has 0 spiro atoms. The minimum atomic E-state index is -0.439. The van der Waals surface area contributed by atoms with Gasteiger partial charge in [0.2, 0.25) is 0 Å². The zero-order valence-corrected chi connectivity index (χ0v) is 10.3. The molecule has 0 aromatic heterocycles. The summed E-state index contributed by atoms with van der Waals surface area (Å²) in [6.45, 7) is 6.98. The predicted molar refractivity (Wildman–Crippen MR) is 62.3 cm³/mol. The van der Waals surface area contributed by atoms with Crippen LogP contribution in [0.4, 0.5) is 0 Å². The molecule has 1 rings (SSSR count). The molecule has 2 unspecified atom stereocenters. The van der Waals surface area contributed by atoms with E-state index >= 15 is 0 Å². The Morgan fingerprint density at radius 2 is 2.38 bits per heavy atom. The van der Waals surface area contributed by atoms with Gasteiger partial charge in [-0.05, 0) is 33.2 Å². The van der Waals surface area contributed by atoms with Gasteiger partial charge in [-0.2, -0.15) is 0 Å². The van der Waals surface area contributed by atoms with Crippen LogP contribution in [0, 0.1) is 5.92 Å². The van der Waals surface area contributed by atoms with Gasteiger partial charge in [0.05, 0.1) is 12.7 Å². The van der Waals surface area contributed by atoms with Gasteiger partial charge in [-0.3, -0.25) is 9.69 Å². The molecule has 4 nitrogen and oxygen atoms in total. The van der Waals surface area contributed by atoms with E-state index in [0.717, 1.165) is 25.9 Å². The van der Waals surface area contributed by atoms with Crippen LogP contribution < -0.4 is 0 Å². The Kier molecular flexibility index (Phi) is 5.95. The number of hydrogen-bond acceptors (Lipinski definition) is 4. The highest BCUT2D eigenvalue weighted by Crippen LogP contribution is 2.17. The minimum Gasteiger partial charge on any atom is -0.389 e. The van der Waals surface area contributed by atoms with Gasteiger partial charge in [-0.15, -0.1) is 0 Å². The number of piperidine rings is 1. The molecule has 1 aliphatic heterocycles. The quantitative estimate of drug-likeness (QED) is 0.728. The lowest BCUT2D eigenvalue weighted by Gasteiger charge is -2.32. The highest BCUT2D eigenvalue weighted by atomic mass is 16.5. The number of nitrogens with zero attached hydrogens (tertiary/aromatic N) is 1. The zero-order valence-electron chi connectivity index (χ0n) is 10.3. The Labute approximate surface area is 97.6 Å². The molecule has 0 radical (unpaired) electrons. The summed E-state index contributed by atoms with van der Waals surface area (Å²) in [5, 5.41) is 9.71. The van der Waals surface area contributed by atoms with Crippen molar-refractivity contribution in [1.29, 1.82) is 0 Å². The van der Waals surface area contributed by atoms with Gasteiger partial charge in [0.15, 0.2) is 0 Å². The Bertz CT molecular complexity index is 220. The molecule has 0 aromatic carbocycles. The molecule has 2 atom stereocenters. The standard InChI is InChI=1S/C12H23NO3/c1-3-16-9-12(15)8-13-6-4-5-11(7-13)10(2)14/h11-12,15H,3-9H2,1-2H3. The van der Waals surface area contributed by atoms with Crippen LogP contribution in [0.1, 0.15) is 26.7 Å². The van der Waals surface area contributed by atoms with Crippen LogP contribution in [0.25, 0.3) is 0 Å². The van der Waals surface area contributed by atoms with Gasteiger partial charge in [0, 0.05) is 25.6 Å². The van der Waals surface area contributed by atoms with Crippen molar-refractivity contribution in [1.82, 2.24) is 4.90 Å². The number of carbonyl (C=O) groups excluding carboxylic acids is 1. The SMILES string of the molecule is CCOCC(O)CN1CCCC(C(C)=O)C1. The van der Waals surface area contributed by atoms with Crippen molar-refractivity contribution in [3.8, 4) is 0 Å². The largest absolute Gasteiger partial charge is 0.389 e. The van der Waals surface area contributed by atoms with E-state index in [0.29, 0.717) is 19.8 Å². The maximum absolute atomic E-state index is 11.3. The second-order valence-electron chi connectivity index (χ2n) is 4.52. The van der Waals surface area contributed by atoms with Crippen LogP contribution in [0.3, 0.4) is 0 Å². The average molecular weight is 229 g/mol. The summed E-state index contributed by atoms with van der Waals surface area (Å²) in [5.74, 6) is 0.428. The third-order valence-corrected chi connectivity index (χ3v) is 3.06. The summed E-state index contributed by atoms with van der Waals surface area (Å²) in [7, 11) is 0. The first kappa shape index (κ1) is 13.6. The fourth-order valence-electron chi connectivity index (χ4n) is 2.16. The van der Waals surface area contributed by atoms with Gasteiger partial charge >= 0.3 is 0 Å². The van der Waals surface area contributed by atoms with Crippen molar-refractivity contribution in [2.45, 2.75) is 32.8 Å². The van der Waals surface area contributed by atoms with Crippen molar-refractivity contribution < 1.29 is 14.6 Å². The summed E-state index contributed by atoms with van der Waals surface area (Å²) < 4.78 is 5.17. The van der Waals surface area contributed by atoms with Crippen molar-refractivity contribution in [3.05, 3.63) is 0 Å². The fraction of sp³-hybridized carbons (Fsp3) is 0.917. The first-order valence-corrected chi connectivity index (χ1v) is 6.12. The van der Waals surface area contributed by atoms with Crippen LogP contribution in [0.15, 0.2) is 0 Å². The summed E-state index contributed by atoms with van der Waals surface area (Å²) in [6, 6.07) is 0. The number of β-amino-alcohol motifs (C(OH)–C–C–N with tert-alkyl or cyclic N) is 1. The second-order valence-corrected chi connectivity index (χ2v) is 4.52. The molecule has 1 N–H and O–H groups in total. The van der Waals surface area contributed by atoms with Gasteiger partial charge in [-0.25, -0.2) is 0 Å². The predicted octanol–water partition coefficient (Wildman–Crippen LogP) is 0.685. The number of carbonyl (C=O) groups is 1. The minimum absolute atomic E-state index is 0.160. The van der Waals surface area contributed by atoms with Crippen LogP contribution in [0.2, 0.25) is 0 Å². The van der Waals surface area contributed by atoms with E-state index in [9.17, 15) is 9.90 Å². The molecule has 4 heteroatoms. The van der Waals surface area contributed by atoms with Gasteiger partial charge in [-0.1, -0.05) is 0 Å². The first-order valence-electron chi connectivity index (χ1n) is 6.12. The third kappa shape index (κ3) is 4.60. The number of ether oxygens (including phenoxy) is 1. The molecule has 0 aliphatic carbocycles. The summed E-state index contributed by atoms with van der Waals surface area (Å²) >= 11 is 0. The monoisotopic (exact) mass is 229 g/mol. The maximum atomic E-state index is 11.3. The van der Waals surface area contributed by atoms with Crippen molar-refractivity contribution in [2.24, 2.45) is 5.92 Å². The average Bonchev–Trinajstić information content (AvgIpc) is 2.26. The Morgan fingerprint density at radius 1 is 1.62 bits per heavy atom. The van der Waals surface area contributed by atoms with Crippen LogP contribution in [0.5, 0.6) is 0 Å². The number of aliphatic hydroxyl groups excluding tert-OH is 1. The van der Waals surface area contributed by atoms with E-state index < -0.39 is 6.10 Å².